The molecule has 1 rings (SSSR count). The van der Waals surface area contributed by atoms with E-state index in [1.165, 1.54) is 173 Å². The van der Waals surface area contributed by atoms with Crippen molar-refractivity contribution in [3.05, 3.63) is 17.0 Å². The molecule has 2 heteroatoms. The van der Waals surface area contributed by atoms with Gasteiger partial charge in [-0.05, 0) is 0 Å². The molecule has 0 nitrogen and oxygen atoms in total. The van der Waals surface area contributed by atoms with Crippen LogP contribution in [0.4, 0.5) is 0 Å². The molecule has 0 radical (unpaired) electrons. The summed E-state index contributed by atoms with van der Waals surface area (Å²) in [6.07, 6.45) is 39.2. The van der Waals surface area contributed by atoms with Crippen LogP contribution in [0.2, 0.25) is 13.3 Å². The molecule has 1 heterocycles. The molecular formula is C40H78SSn. The van der Waals surface area contributed by atoms with E-state index in [0.29, 0.717) is 0 Å². The molecule has 0 spiro atoms. The first-order valence-corrected chi connectivity index (χ1v) is 28.0. The van der Waals surface area contributed by atoms with E-state index in [4.69, 9.17) is 0 Å². The summed E-state index contributed by atoms with van der Waals surface area (Å²) in [5.41, 5.74) is 0. The Balaban J connectivity index is 2.70. The van der Waals surface area contributed by atoms with Crippen LogP contribution >= 0.6 is 11.3 Å². The average molecular weight is 710 g/mol. The second-order valence-corrected chi connectivity index (χ2v) is 29.5. The van der Waals surface area contributed by atoms with E-state index in [1.807, 2.05) is 2.89 Å². The zero-order valence-electron chi connectivity index (χ0n) is 29.9. The average Bonchev–Trinajstić information content (AvgIpc) is 3.48. The number of rotatable bonds is 32. The normalized spacial score (nSPS) is 12.8. The van der Waals surface area contributed by atoms with Crippen molar-refractivity contribution in [1.82, 2.24) is 0 Å². The van der Waals surface area contributed by atoms with Gasteiger partial charge in [0.15, 0.2) is 0 Å². The molecule has 42 heavy (non-hydrogen) atoms. The van der Waals surface area contributed by atoms with Gasteiger partial charge < -0.3 is 0 Å². The summed E-state index contributed by atoms with van der Waals surface area (Å²) in [7, 11) is 0. The van der Waals surface area contributed by atoms with Crippen LogP contribution in [-0.2, 0) is 6.42 Å². The van der Waals surface area contributed by atoms with E-state index in [0.717, 1.165) is 5.92 Å². The molecule has 0 N–H and O–H groups in total. The molecule has 0 bridgehead atoms. The molecule has 1 atom stereocenters. The summed E-state index contributed by atoms with van der Waals surface area (Å²) in [5, 5.41) is 0. The molecule has 0 saturated carbocycles. The molecule has 0 aromatic carbocycles. The molecule has 0 fully saturated rings. The number of unbranched alkanes of at least 4 members (excludes halogenated alkanes) is 19. The van der Waals surface area contributed by atoms with Gasteiger partial charge in [-0.3, -0.25) is 0 Å². The van der Waals surface area contributed by atoms with Gasteiger partial charge in [0.25, 0.3) is 0 Å². The fraction of sp³-hybridized carbons (Fsp3) is 0.900. The van der Waals surface area contributed by atoms with Crippen molar-refractivity contribution in [1.29, 1.82) is 0 Å². The van der Waals surface area contributed by atoms with E-state index < -0.39 is 18.4 Å². The van der Waals surface area contributed by atoms with Gasteiger partial charge in [0.2, 0.25) is 0 Å². The van der Waals surface area contributed by atoms with Gasteiger partial charge in [0.1, 0.15) is 0 Å². The summed E-state index contributed by atoms with van der Waals surface area (Å²) in [5.74, 6) is 0.928. The van der Waals surface area contributed by atoms with Crippen molar-refractivity contribution >= 4 is 32.6 Å². The van der Waals surface area contributed by atoms with Crippen molar-refractivity contribution in [2.24, 2.45) is 5.92 Å². The Hall–Kier alpha value is 0.499. The molecule has 0 amide bonds. The van der Waals surface area contributed by atoms with Gasteiger partial charge in [-0.15, -0.1) is 0 Å². The molecule has 0 saturated heterocycles. The predicted molar refractivity (Wildman–Crippen MR) is 200 cm³/mol. The van der Waals surface area contributed by atoms with Gasteiger partial charge in [0, 0.05) is 0 Å². The number of thiophene rings is 1. The molecular weight excluding hydrogens is 631 g/mol. The van der Waals surface area contributed by atoms with E-state index in [1.54, 1.807) is 18.2 Å². The number of hydrogen-bond donors (Lipinski definition) is 0. The Morgan fingerprint density at radius 1 is 0.452 bits per heavy atom. The van der Waals surface area contributed by atoms with Crippen molar-refractivity contribution in [2.75, 3.05) is 0 Å². The standard InChI is InChI=1S/C28H51S.3C4H9.Sn/c1-3-5-7-9-11-13-14-16-18-20-23-27(26-28-24-21-25-29-28)22-19-17-15-12-10-8-6-4-2;3*1-3-4-2;/h21,24,27H,3-20,22-23,26H2,1-2H3;3*1,3-4H2,2H3;. The van der Waals surface area contributed by atoms with Gasteiger partial charge >= 0.3 is 224 Å². The maximum absolute atomic E-state index is 2.69. The Morgan fingerprint density at radius 2 is 0.810 bits per heavy atom. The van der Waals surface area contributed by atoms with E-state index in [2.05, 4.69) is 58.1 Å². The van der Waals surface area contributed by atoms with Gasteiger partial charge in [0.05, 0.1) is 0 Å². The van der Waals surface area contributed by atoms with E-state index >= 15 is 0 Å². The Bertz CT molecular complexity index is 657. The van der Waals surface area contributed by atoms with E-state index in [9.17, 15) is 0 Å². The quantitative estimate of drug-likeness (QED) is 0.0516. The van der Waals surface area contributed by atoms with Crippen LogP contribution in [0.25, 0.3) is 0 Å². The fourth-order valence-electron chi connectivity index (χ4n) is 7.18. The molecule has 1 aromatic rings. The molecule has 1 unspecified atom stereocenters. The van der Waals surface area contributed by atoms with Crippen LogP contribution in [-0.4, -0.2) is 18.4 Å². The first-order chi connectivity index (χ1) is 20.7. The van der Waals surface area contributed by atoms with Crippen LogP contribution in [0.1, 0.15) is 206 Å². The first-order valence-electron chi connectivity index (χ1n) is 19.7. The third-order valence-corrected chi connectivity index (χ3v) is 29.5. The third kappa shape index (κ3) is 19.8. The Kier molecular flexibility index (Phi) is 27.9. The summed E-state index contributed by atoms with van der Waals surface area (Å²) in [4.78, 5) is 1.76. The van der Waals surface area contributed by atoms with Gasteiger partial charge in [-0.1, -0.05) is 52.4 Å². The number of hydrogen-bond acceptors (Lipinski definition) is 1. The minimum absolute atomic E-state index is 0.928. The SMILES string of the molecule is CCCCCCCCCCCCC(CCCCCCCCCC)Cc1cc[c]([Sn]([CH2]CCC)([CH2]CCC)[CH2]CCC)s1. The predicted octanol–water partition coefficient (Wildman–Crippen LogP) is 14.8. The van der Waals surface area contributed by atoms with E-state index in [-0.39, 0.29) is 0 Å². The summed E-state index contributed by atoms with van der Waals surface area (Å²) in [6, 6.07) is 5.31. The van der Waals surface area contributed by atoms with Gasteiger partial charge in [-0.25, -0.2) is 0 Å². The third-order valence-electron chi connectivity index (χ3n) is 10.1. The summed E-state index contributed by atoms with van der Waals surface area (Å²) < 4.78 is 6.81. The zero-order valence-corrected chi connectivity index (χ0v) is 33.5. The van der Waals surface area contributed by atoms with Crippen LogP contribution in [0.3, 0.4) is 0 Å². The van der Waals surface area contributed by atoms with Gasteiger partial charge in [-0.2, -0.15) is 0 Å². The molecule has 0 aliphatic carbocycles. The maximum atomic E-state index is 2.69. The summed E-state index contributed by atoms with van der Waals surface area (Å²) in [6.45, 7) is 11.9. The Labute approximate surface area is 275 Å². The van der Waals surface area contributed by atoms with Crippen LogP contribution in [0.15, 0.2) is 12.1 Å². The van der Waals surface area contributed by atoms with Crippen LogP contribution < -0.4 is 2.89 Å². The van der Waals surface area contributed by atoms with Crippen molar-refractivity contribution in [3.63, 3.8) is 0 Å². The van der Waals surface area contributed by atoms with Crippen molar-refractivity contribution in [2.45, 2.75) is 221 Å². The molecule has 1 aromatic heterocycles. The van der Waals surface area contributed by atoms with Crippen molar-refractivity contribution < 1.29 is 0 Å². The second-order valence-electron chi connectivity index (χ2n) is 14.2. The Morgan fingerprint density at radius 3 is 1.19 bits per heavy atom. The van der Waals surface area contributed by atoms with Crippen molar-refractivity contribution in [3.8, 4) is 0 Å². The monoisotopic (exact) mass is 710 g/mol. The first kappa shape index (κ1) is 40.5. The molecule has 0 aliphatic heterocycles. The summed E-state index contributed by atoms with van der Waals surface area (Å²) >= 11 is 0.0506. The van der Waals surface area contributed by atoms with Crippen LogP contribution in [0.5, 0.6) is 0 Å². The topological polar surface area (TPSA) is 0 Å². The van der Waals surface area contributed by atoms with Crippen LogP contribution in [0, 0.1) is 5.92 Å². The second kappa shape index (κ2) is 28.9. The molecule has 248 valence electrons. The zero-order chi connectivity index (χ0) is 30.6. The minimum atomic E-state index is -2.28. The fourth-order valence-corrected chi connectivity index (χ4v) is 27.6. The molecule has 0 aliphatic rings.